The number of nitrogens with two attached hydrogens (primary N) is 3. The molecule has 0 amide bonds. The lowest BCUT2D eigenvalue weighted by Gasteiger charge is -2.65. The van der Waals surface area contributed by atoms with Gasteiger partial charge in [0.25, 0.3) is 0 Å². The van der Waals surface area contributed by atoms with Crippen molar-refractivity contribution in [3.63, 3.8) is 0 Å². The molecule has 0 aromatic heterocycles. The molecule has 11 atom stereocenters. The van der Waals surface area contributed by atoms with E-state index in [9.17, 15) is 0 Å². The molecule has 4 saturated carbocycles. The van der Waals surface area contributed by atoms with Crippen LogP contribution in [0.5, 0.6) is 0 Å². The summed E-state index contributed by atoms with van der Waals surface area (Å²) in [4.78, 5) is 0. The van der Waals surface area contributed by atoms with Crippen molar-refractivity contribution < 1.29 is 14.2 Å². The first kappa shape index (κ1) is 44.4. The monoisotopic (exact) mass is 733 g/mol. The largest absolute Gasteiger partial charge is 0.378 e. The van der Waals surface area contributed by atoms with Crippen molar-refractivity contribution in [1.29, 1.82) is 0 Å². The summed E-state index contributed by atoms with van der Waals surface area (Å²) in [7, 11) is 0. The number of fused-ring (bicyclic) bond motifs is 5. The van der Waals surface area contributed by atoms with Crippen LogP contribution in [0.2, 0.25) is 0 Å². The summed E-state index contributed by atoms with van der Waals surface area (Å²) in [5.74, 6) is 3.92. The molecule has 0 radical (unpaired) electrons. The van der Waals surface area contributed by atoms with Crippen molar-refractivity contribution in [1.82, 2.24) is 5.32 Å². The topological polar surface area (TPSA) is 118 Å². The number of rotatable bonds is 28. The molecule has 306 valence electrons. The molecule has 7 heteroatoms. The standard InChI is InChI=1S/C45H88N4O3/c1-5-6-7-8-9-10-11-12-13-14-27-49-28-15-19-35(2)38-20-21-39-43-40(34-42(45(38,39)4)52-31-18-26-48)44(3)23-22-37(50-29-16-24-46)32-36(44)33-41(43)51-30-17-25-47/h35-43,49H,5-34,46-48H2,1-4H3/t35-,36?,37-,38-,39+,40+,41-,42+,43?,44+,45?/m1/s1. The van der Waals surface area contributed by atoms with E-state index in [-0.39, 0.29) is 5.41 Å². The van der Waals surface area contributed by atoms with Gasteiger partial charge < -0.3 is 36.7 Å². The summed E-state index contributed by atoms with van der Waals surface area (Å²) in [6, 6.07) is 0. The fourth-order valence-electron chi connectivity index (χ4n) is 12.2. The summed E-state index contributed by atoms with van der Waals surface area (Å²) in [6.45, 7) is 17.0. The molecule has 4 aliphatic rings. The molecule has 0 heterocycles. The van der Waals surface area contributed by atoms with Crippen LogP contribution in [0.3, 0.4) is 0 Å². The van der Waals surface area contributed by atoms with Gasteiger partial charge >= 0.3 is 0 Å². The first-order valence-electron chi connectivity index (χ1n) is 23.0. The normalized spacial score (nSPS) is 34.9. The average Bonchev–Trinajstić information content (AvgIpc) is 3.50. The minimum absolute atomic E-state index is 0.180. The van der Waals surface area contributed by atoms with Crippen LogP contribution in [0, 0.1) is 46.3 Å². The van der Waals surface area contributed by atoms with Crippen LogP contribution in [-0.2, 0) is 14.2 Å². The molecule has 0 aliphatic heterocycles. The van der Waals surface area contributed by atoms with Crippen molar-refractivity contribution in [2.45, 2.75) is 187 Å². The van der Waals surface area contributed by atoms with Crippen LogP contribution in [0.4, 0.5) is 0 Å². The molecule has 52 heavy (non-hydrogen) atoms. The van der Waals surface area contributed by atoms with Gasteiger partial charge in [-0.3, -0.25) is 0 Å². The SMILES string of the molecule is CCCCCCCCCCCCNCCC[C@@H](C)[C@H]1CC[C@H]2C3[C@H](OCCCN)CC4C[C@H](OCCCN)CC[C@]4(C)[C@H]3C[C@H](OCCCN)C12C. The summed E-state index contributed by atoms with van der Waals surface area (Å²) in [5, 5.41) is 3.80. The highest BCUT2D eigenvalue weighted by Crippen LogP contribution is 2.69. The van der Waals surface area contributed by atoms with Gasteiger partial charge in [0.1, 0.15) is 0 Å². The highest BCUT2D eigenvalue weighted by molar-refractivity contribution is 5.15. The molecular formula is C45H88N4O3. The quantitative estimate of drug-likeness (QED) is 0.0594. The molecule has 0 bridgehead atoms. The van der Waals surface area contributed by atoms with Gasteiger partial charge in [0.05, 0.1) is 18.3 Å². The number of hydrogen-bond donors (Lipinski definition) is 4. The van der Waals surface area contributed by atoms with Crippen LogP contribution in [-0.4, -0.2) is 70.9 Å². The number of hydrogen-bond acceptors (Lipinski definition) is 7. The second-order valence-electron chi connectivity index (χ2n) is 18.5. The van der Waals surface area contributed by atoms with Crippen molar-refractivity contribution in [2.75, 3.05) is 52.5 Å². The van der Waals surface area contributed by atoms with Gasteiger partial charge in [0.15, 0.2) is 0 Å². The van der Waals surface area contributed by atoms with Gasteiger partial charge in [-0.15, -0.1) is 0 Å². The van der Waals surface area contributed by atoms with Crippen molar-refractivity contribution in [3.05, 3.63) is 0 Å². The molecule has 7 nitrogen and oxygen atoms in total. The Labute approximate surface area is 322 Å². The fraction of sp³-hybridized carbons (Fsp3) is 1.00. The third kappa shape index (κ3) is 11.9. The fourth-order valence-corrected chi connectivity index (χ4v) is 12.2. The van der Waals surface area contributed by atoms with Crippen LogP contribution in [0.25, 0.3) is 0 Å². The Morgan fingerprint density at radius 3 is 1.94 bits per heavy atom. The molecule has 3 unspecified atom stereocenters. The lowest BCUT2D eigenvalue weighted by molar-refractivity contribution is -0.227. The van der Waals surface area contributed by atoms with E-state index in [1.165, 1.54) is 122 Å². The van der Waals surface area contributed by atoms with Crippen LogP contribution < -0.4 is 22.5 Å². The lowest BCUT2D eigenvalue weighted by Crippen LogP contribution is -2.63. The zero-order valence-electron chi connectivity index (χ0n) is 34.9. The zero-order chi connectivity index (χ0) is 37.2. The Morgan fingerprint density at radius 2 is 1.27 bits per heavy atom. The van der Waals surface area contributed by atoms with E-state index in [2.05, 4.69) is 33.0 Å². The first-order valence-corrected chi connectivity index (χ1v) is 23.0. The Kier molecular flexibility index (Phi) is 20.3. The van der Waals surface area contributed by atoms with E-state index in [0.717, 1.165) is 52.0 Å². The van der Waals surface area contributed by atoms with Crippen LogP contribution in [0.15, 0.2) is 0 Å². The van der Waals surface area contributed by atoms with E-state index in [4.69, 9.17) is 31.4 Å². The molecule has 4 aliphatic carbocycles. The third-order valence-corrected chi connectivity index (χ3v) is 15.2. The predicted molar refractivity (Wildman–Crippen MR) is 219 cm³/mol. The molecule has 0 aromatic carbocycles. The van der Waals surface area contributed by atoms with Gasteiger partial charge in [-0.05, 0) is 157 Å². The van der Waals surface area contributed by atoms with Gasteiger partial charge in [-0.2, -0.15) is 0 Å². The van der Waals surface area contributed by atoms with Gasteiger partial charge in [-0.25, -0.2) is 0 Å². The molecular weight excluding hydrogens is 645 g/mol. The first-order chi connectivity index (χ1) is 25.3. The molecule has 4 fully saturated rings. The number of ether oxygens (including phenoxy) is 3. The maximum atomic E-state index is 7.06. The van der Waals surface area contributed by atoms with E-state index in [1.807, 2.05) is 0 Å². The summed E-state index contributed by atoms with van der Waals surface area (Å²) in [5.41, 5.74) is 18.3. The molecule has 7 N–H and O–H groups in total. The Hall–Kier alpha value is -0.280. The number of unbranched alkanes of at least 4 members (excludes halogenated alkanes) is 9. The second kappa shape index (κ2) is 23.7. The van der Waals surface area contributed by atoms with E-state index < -0.39 is 0 Å². The summed E-state index contributed by atoms with van der Waals surface area (Å²) < 4.78 is 20.4. The minimum atomic E-state index is 0.180. The molecule has 4 rings (SSSR count). The van der Waals surface area contributed by atoms with Crippen LogP contribution in [0.1, 0.15) is 169 Å². The molecule has 0 spiro atoms. The summed E-state index contributed by atoms with van der Waals surface area (Å²) in [6.07, 6.45) is 29.1. The van der Waals surface area contributed by atoms with E-state index in [0.29, 0.717) is 78.9 Å². The minimum Gasteiger partial charge on any atom is -0.378 e. The smallest absolute Gasteiger partial charge is 0.0637 e. The Morgan fingerprint density at radius 1 is 0.654 bits per heavy atom. The lowest BCUT2D eigenvalue weighted by atomic mass is 9.43. The number of nitrogens with one attached hydrogen (secondary N) is 1. The average molecular weight is 733 g/mol. The van der Waals surface area contributed by atoms with Crippen LogP contribution >= 0.6 is 0 Å². The van der Waals surface area contributed by atoms with E-state index >= 15 is 0 Å². The Balaban J connectivity index is 1.36. The van der Waals surface area contributed by atoms with Crippen molar-refractivity contribution in [2.24, 2.45) is 63.5 Å². The van der Waals surface area contributed by atoms with Gasteiger partial charge in [0.2, 0.25) is 0 Å². The van der Waals surface area contributed by atoms with Crippen molar-refractivity contribution in [3.8, 4) is 0 Å². The van der Waals surface area contributed by atoms with Gasteiger partial charge in [0, 0.05) is 25.2 Å². The van der Waals surface area contributed by atoms with Crippen molar-refractivity contribution >= 4 is 0 Å². The zero-order valence-corrected chi connectivity index (χ0v) is 34.9. The van der Waals surface area contributed by atoms with Gasteiger partial charge in [-0.1, -0.05) is 85.5 Å². The maximum Gasteiger partial charge on any atom is 0.0637 e. The second-order valence-corrected chi connectivity index (χ2v) is 18.5. The maximum absolute atomic E-state index is 7.06. The van der Waals surface area contributed by atoms with E-state index in [1.54, 1.807) is 0 Å². The molecule has 0 aromatic rings. The highest BCUT2D eigenvalue weighted by atomic mass is 16.5. The highest BCUT2D eigenvalue weighted by Gasteiger charge is 2.66. The molecule has 0 saturated heterocycles. The summed E-state index contributed by atoms with van der Waals surface area (Å²) >= 11 is 0. The third-order valence-electron chi connectivity index (χ3n) is 15.2. The Bertz CT molecular complexity index is 940. The predicted octanol–water partition coefficient (Wildman–Crippen LogP) is 8.99.